The SMILES string of the molecule is C[C@H](NCCCCCCCCCCCCCCC(=O)OC(C)(C)C)C(=O)O. The minimum absolute atomic E-state index is 0.0744. The average molecular weight is 386 g/mol. The average Bonchev–Trinajstić information content (AvgIpc) is 2.56. The van der Waals surface area contributed by atoms with Crippen LogP contribution in [-0.2, 0) is 14.3 Å². The predicted octanol–water partition coefficient (Wildman–Crippen LogP) is 5.46. The summed E-state index contributed by atoms with van der Waals surface area (Å²) in [6.07, 6.45) is 15.1. The van der Waals surface area contributed by atoms with Crippen LogP contribution in [0.2, 0.25) is 0 Å². The highest BCUT2D eigenvalue weighted by Gasteiger charge is 2.15. The Morgan fingerprint density at radius 2 is 1.22 bits per heavy atom. The number of aliphatic carboxylic acids is 1. The Morgan fingerprint density at radius 3 is 1.63 bits per heavy atom. The third-order valence-corrected chi connectivity index (χ3v) is 4.55. The summed E-state index contributed by atoms with van der Waals surface area (Å²) in [5, 5.41) is 11.8. The first-order valence-electron chi connectivity index (χ1n) is 10.9. The molecule has 0 amide bonds. The van der Waals surface area contributed by atoms with E-state index in [-0.39, 0.29) is 11.6 Å². The van der Waals surface area contributed by atoms with Crippen molar-refractivity contribution in [1.82, 2.24) is 5.32 Å². The summed E-state index contributed by atoms with van der Waals surface area (Å²) in [5.74, 6) is -0.854. The van der Waals surface area contributed by atoms with Gasteiger partial charge in [0.2, 0.25) is 0 Å². The Bertz CT molecular complexity index is 390. The number of hydrogen-bond acceptors (Lipinski definition) is 4. The summed E-state index contributed by atoms with van der Waals surface area (Å²) in [7, 11) is 0. The molecule has 0 saturated heterocycles. The standard InChI is InChI=1S/C22H43NO4/c1-19(21(25)26)23-18-16-14-12-10-8-6-5-7-9-11-13-15-17-20(24)27-22(2,3)4/h19,23H,5-18H2,1-4H3,(H,25,26)/t19-/m0/s1. The molecule has 0 heterocycles. The number of hydrogen-bond donors (Lipinski definition) is 2. The first-order valence-corrected chi connectivity index (χ1v) is 10.9. The van der Waals surface area contributed by atoms with Gasteiger partial charge in [-0.25, -0.2) is 0 Å². The zero-order valence-electron chi connectivity index (χ0n) is 18.1. The van der Waals surface area contributed by atoms with E-state index in [2.05, 4.69) is 5.32 Å². The Balaban J connectivity index is 3.21. The molecule has 2 N–H and O–H groups in total. The maximum absolute atomic E-state index is 11.6. The topological polar surface area (TPSA) is 75.6 Å². The Morgan fingerprint density at radius 1 is 0.815 bits per heavy atom. The van der Waals surface area contributed by atoms with E-state index < -0.39 is 12.0 Å². The Hall–Kier alpha value is -1.10. The van der Waals surface area contributed by atoms with Crippen LogP contribution < -0.4 is 5.32 Å². The second-order valence-corrected chi connectivity index (χ2v) is 8.59. The number of carbonyl (C=O) groups excluding carboxylic acids is 1. The van der Waals surface area contributed by atoms with Crippen LogP contribution in [0, 0.1) is 0 Å². The van der Waals surface area contributed by atoms with E-state index >= 15 is 0 Å². The lowest BCUT2D eigenvalue weighted by Crippen LogP contribution is -2.34. The third kappa shape index (κ3) is 19.5. The number of carbonyl (C=O) groups is 2. The minimum Gasteiger partial charge on any atom is -0.480 e. The van der Waals surface area contributed by atoms with Gasteiger partial charge in [-0.3, -0.25) is 9.59 Å². The van der Waals surface area contributed by atoms with Crippen molar-refractivity contribution in [3.8, 4) is 0 Å². The minimum atomic E-state index is -0.780. The third-order valence-electron chi connectivity index (χ3n) is 4.55. The van der Waals surface area contributed by atoms with Crippen LogP contribution in [0.4, 0.5) is 0 Å². The van der Waals surface area contributed by atoms with Crippen molar-refractivity contribution < 1.29 is 19.4 Å². The monoisotopic (exact) mass is 385 g/mol. The first kappa shape index (κ1) is 25.9. The van der Waals surface area contributed by atoms with E-state index in [4.69, 9.17) is 9.84 Å². The zero-order valence-corrected chi connectivity index (χ0v) is 18.1. The van der Waals surface area contributed by atoms with Crippen LogP contribution in [0.5, 0.6) is 0 Å². The highest BCUT2D eigenvalue weighted by Crippen LogP contribution is 2.14. The van der Waals surface area contributed by atoms with E-state index in [9.17, 15) is 9.59 Å². The molecule has 5 heteroatoms. The maximum Gasteiger partial charge on any atom is 0.320 e. The maximum atomic E-state index is 11.6. The molecule has 0 bridgehead atoms. The van der Waals surface area contributed by atoms with Gasteiger partial charge in [0, 0.05) is 6.42 Å². The highest BCUT2D eigenvalue weighted by molar-refractivity contribution is 5.72. The van der Waals surface area contributed by atoms with Gasteiger partial charge in [-0.05, 0) is 47.1 Å². The highest BCUT2D eigenvalue weighted by atomic mass is 16.6. The van der Waals surface area contributed by atoms with E-state index in [1.807, 2.05) is 20.8 Å². The summed E-state index contributed by atoms with van der Waals surface area (Å²) in [6.45, 7) is 8.20. The van der Waals surface area contributed by atoms with E-state index in [1.54, 1.807) is 6.92 Å². The number of carboxylic acids is 1. The Kier molecular flexibility index (Phi) is 15.3. The molecule has 5 nitrogen and oxygen atoms in total. The van der Waals surface area contributed by atoms with Crippen molar-refractivity contribution in [2.45, 2.75) is 123 Å². The molecule has 0 unspecified atom stereocenters. The molecule has 0 saturated carbocycles. The molecule has 0 aromatic heterocycles. The fraction of sp³-hybridized carbons (Fsp3) is 0.909. The number of rotatable bonds is 17. The Labute approximate surface area is 166 Å². The lowest BCUT2D eigenvalue weighted by molar-refractivity contribution is -0.155. The molecular weight excluding hydrogens is 342 g/mol. The van der Waals surface area contributed by atoms with E-state index in [0.29, 0.717) is 6.42 Å². The van der Waals surface area contributed by atoms with Crippen molar-refractivity contribution in [3.63, 3.8) is 0 Å². The van der Waals surface area contributed by atoms with Crippen LogP contribution in [0.15, 0.2) is 0 Å². The number of carboxylic acid groups (broad SMARTS) is 1. The van der Waals surface area contributed by atoms with Gasteiger partial charge in [-0.15, -0.1) is 0 Å². The van der Waals surface area contributed by atoms with Gasteiger partial charge >= 0.3 is 11.9 Å². The second kappa shape index (κ2) is 15.9. The number of esters is 1. The summed E-state index contributed by atoms with van der Waals surface area (Å²) < 4.78 is 5.31. The number of ether oxygens (including phenoxy) is 1. The molecule has 0 radical (unpaired) electrons. The fourth-order valence-electron chi connectivity index (χ4n) is 2.96. The fourth-order valence-corrected chi connectivity index (χ4v) is 2.96. The van der Waals surface area contributed by atoms with Crippen molar-refractivity contribution in [1.29, 1.82) is 0 Å². The summed E-state index contributed by atoms with van der Waals surface area (Å²) >= 11 is 0. The lowest BCUT2D eigenvalue weighted by atomic mass is 10.0. The second-order valence-electron chi connectivity index (χ2n) is 8.59. The molecule has 0 aromatic carbocycles. The predicted molar refractivity (Wildman–Crippen MR) is 111 cm³/mol. The summed E-state index contributed by atoms with van der Waals surface area (Å²) in [5.41, 5.74) is -0.368. The molecular formula is C22H43NO4. The van der Waals surface area contributed by atoms with Gasteiger partial charge in [0.1, 0.15) is 11.6 Å². The molecule has 0 aliphatic carbocycles. The summed E-state index contributed by atoms with van der Waals surface area (Å²) in [4.78, 5) is 22.2. The molecule has 0 aromatic rings. The normalized spacial score (nSPS) is 12.7. The van der Waals surface area contributed by atoms with E-state index in [0.717, 1.165) is 25.8 Å². The van der Waals surface area contributed by atoms with Gasteiger partial charge in [-0.1, -0.05) is 64.2 Å². The van der Waals surface area contributed by atoms with Gasteiger partial charge in [0.25, 0.3) is 0 Å². The van der Waals surface area contributed by atoms with Crippen molar-refractivity contribution in [3.05, 3.63) is 0 Å². The van der Waals surface area contributed by atoms with Crippen LogP contribution in [0.25, 0.3) is 0 Å². The van der Waals surface area contributed by atoms with Crippen molar-refractivity contribution in [2.24, 2.45) is 0 Å². The summed E-state index contributed by atoms with van der Waals surface area (Å²) in [6, 6.07) is -0.442. The first-order chi connectivity index (χ1) is 12.7. The van der Waals surface area contributed by atoms with E-state index in [1.165, 1.54) is 57.8 Å². The molecule has 27 heavy (non-hydrogen) atoms. The molecule has 0 spiro atoms. The van der Waals surface area contributed by atoms with Crippen LogP contribution in [-0.4, -0.2) is 35.2 Å². The smallest absolute Gasteiger partial charge is 0.320 e. The van der Waals surface area contributed by atoms with Crippen LogP contribution in [0.1, 0.15) is 111 Å². The van der Waals surface area contributed by atoms with Crippen LogP contribution in [0.3, 0.4) is 0 Å². The van der Waals surface area contributed by atoms with Gasteiger partial charge in [0.15, 0.2) is 0 Å². The lowest BCUT2D eigenvalue weighted by Gasteiger charge is -2.19. The molecule has 0 aliphatic heterocycles. The zero-order chi connectivity index (χ0) is 20.5. The van der Waals surface area contributed by atoms with Crippen molar-refractivity contribution >= 4 is 11.9 Å². The largest absolute Gasteiger partial charge is 0.480 e. The molecule has 160 valence electrons. The van der Waals surface area contributed by atoms with Crippen LogP contribution >= 0.6 is 0 Å². The quantitative estimate of drug-likeness (QED) is 0.257. The van der Waals surface area contributed by atoms with Crippen molar-refractivity contribution in [2.75, 3.05) is 6.54 Å². The molecule has 0 fully saturated rings. The molecule has 1 atom stereocenters. The number of unbranched alkanes of at least 4 members (excludes halogenated alkanes) is 11. The van der Waals surface area contributed by atoms with Gasteiger partial charge in [-0.2, -0.15) is 0 Å². The molecule has 0 rings (SSSR count). The van der Waals surface area contributed by atoms with Gasteiger partial charge in [0.05, 0.1) is 0 Å². The molecule has 0 aliphatic rings. The van der Waals surface area contributed by atoms with Gasteiger partial charge < -0.3 is 15.2 Å². The number of nitrogens with one attached hydrogen (secondary N) is 1.